The van der Waals surface area contributed by atoms with Gasteiger partial charge in [-0.2, -0.15) is 0 Å². The van der Waals surface area contributed by atoms with E-state index in [1.807, 2.05) is 24.3 Å². The molecule has 1 N–H and O–H groups in total. The number of hydrogen-bond donors (Lipinski definition) is 1. The Morgan fingerprint density at radius 3 is 2.57 bits per heavy atom. The zero-order valence-electron chi connectivity index (χ0n) is 16.9. The molecule has 0 spiro atoms. The van der Waals surface area contributed by atoms with E-state index in [4.69, 9.17) is 4.74 Å². The van der Waals surface area contributed by atoms with E-state index in [0.717, 1.165) is 41.4 Å². The smallest absolute Gasteiger partial charge is 0.339 e. The van der Waals surface area contributed by atoms with E-state index >= 15 is 0 Å². The van der Waals surface area contributed by atoms with Crippen LogP contribution in [-0.4, -0.2) is 28.7 Å². The lowest BCUT2D eigenvalue weighted by atomic mass is 10.0. The fourth-order valence-corrected chi connectivity index (χ4v) is 3.85. The Bertz CT molecular complexity index is 1170. The highest BCUT2D eigenvalue weighted by Crippen LogP contribution is 2.30. The molecular weight excluding hydrogens is 380 g/mol. The number of para-hydroxylation sites is 2. The van der Waals surface area contributed by atoms with Crippen molar-refractivity contribution in [3.8, 4) is 0 Å². The number of carbonyl (C=O) groups excluding carboxylic acids is 3. The van der Waals surface area contributed by atoms with Crippen LogP contribution in [0.15, 0.2) is 48.5 Å². The maximum absolute atomic E-state index is 13.1. The normalized spacial score (nSPS) is 13.5. The zero-order chi connectivity index (χ0) is 21.3. The minimum Gasteiger partial charge on any atom is -0.449 e. The van der Waals surface area contributed by atoms with Crippen molar-refractivity contribution < 1.29 is 19.1 Å². The Kier molecular flexibility index (Phi) is 5.31. The standard InChI is InChI=1S/C24H22N2O4/c1-14(27)16-8-3-5-11-19(16)26-23(28)15(2)30-24(29)22-17-9-4-6-12-20(17)25-21-13-7-10-18(21)22/h3-6,8-9,11-12,15H,7,10,13H2,1-2H3,(H,26,28). The second-order valence-corrected chi connectivity index (χ2v) is 7.42. The van der Waals surface area contributed by atoms with Crippen LogP contribution in [0.3, 0.4) is 0 Å². The number of benzene rings is 2. The van der Waals surface area contributed by atoms with Gasteiger partial charge in [-0.15, -0.1) is 0 Å². The van der Waals surface area contributed by atoms with Crippen LogP contribution in [0.1, 0.15) is 52.2 Å². The first-order chi connectivity index (χ1) is 14.5. The van der Waals surface area contributed by atoms with Gasteiger partial charge in [0.1, 0.15) is 0 Å². The summed E-state index contributed by atoms with van der Waals surface area (Å²) in [5.41, 5.74) is 3.88. The van der Waals surface area contributed by atoms with Gasteiger partial charge in [-0.1, -0.05) is 30.3 Å². The number of carbonyl (C=O) groups is 3. The predicted octanol–water partition coefficient (Wildman–Crippen LogP) is 4.11. The molecule has 0 saturated heterocycles. The molecule has 6 heteroatoms. The highest BCUT2D eigenvalue weighted by molar-refractivity contribution is 6.07. The molecule has 0 bridgehead atoms. The molecule has 6 nitrogen and oxygen atoms in total. The van der Waals surface area contributed by atoms with Crippen molar-refractivity contribution in [3.63, 3.8) is 0 Å². The topological polar surface area (TPSA) is 85.4 Å². The van der Waals surface area contributed by atoms with Gasteiger partial charge in [0.2, 0.25) is 0 Å². The number of aryl methyl sites for hydroxylation is 1. The van der Waals surface area contributed by atoms with Crippen LogP contribution in [0.4, 0.5) is 5.69 Å². The first-order valence-corrected chi connectivity index (χ1v) is 9.98. The molecular formula is C24H22N2O4. The maximum Gasteiger partial charge on any atom is 0.339 e. The van der Waals surface area contributed by atoms with Crippen molar-refractivity contribution in [1.82, 2.24) is 4.98 Å². The Balaban J connectivity index is 1.58. The van der Waals surface area contributed by atoms with E-state index in [1.165, 1.54) is 13.8 Å². The van der Waals surface area contributed by atoms with Gasteiger partial charge in [0.15, 0.2) is 11.9 Å². The molecule has 2 aromatic carbocycles. The number of ether oxygens (including phenoxy) is 1. The van der Waals surface area contributed by atoms with E-state index in [-0.39, 0.29) is 5.78 Å². The van der Waals surface area contributed by atoms with Crippen molar-refractivity contribution in [1.29, 1.82) is 0 Å². The van der Waals surface area contributed by atoms with Gasteiger partial charge in [-0.05, 0) is 56.9 Å². The van der Waals surface area contributed by atoms with Gasteiger partial charge >= 0.3 is 5.97 Å². The lowest BCUT2D eigenvalue weighted by molar-refractivity contribution is -0.123. The number of anilines is 1. The van der Waals surface area contributed by atoms with Crippen LogP contribution < -0.4 is 5.32 Å². The van der Waals surface area contributed by atoms with Crippen LogP contribution in [0.2, 0.25) is 0 Å². The summed E-state index contributed by atoms with van der Waals surface area (Å²) in [6, 6.07) is 14.2. The second kappa shape index (κ2) is 8.06. The number of aromatic nitrogens is 1. The number of rotatable bonds is 5. The Morgan fingerprint density at radius 1 is 1.03 bits per heavy atom. The Hall–Kier alpha value is -3.54. The maximum atomic E-state index is 13.1. The summed E-state index contributed by atoms with van der Waals surface area (Å²) >= 11 is 0. The third kappa shape index (κ3) is 3.68. The zero-order valence-corrected chi connectivity index (χ0v) is 16.9. The van der Waals surface area contributed by atoms with Crippen molar-refractivity contribution in [3.05, 3.63) is 70.9 Å². The van der Waals surface area contributed by atoms with Gasteiger partial charge < -0.3 is 10.1 Å². The number of hydrogen-bond acceptors (Lipinski definition) is 5. The molecule has 1 atom stereocenters. The molecule has 1 aliphatic rings. The molecule has 0 saturated carbocycles. The molecule has 152 valence electrons. The number of nitrogens with zero attached hydrogens (tertiary/aromatic N) is 1. The number of ketones is 1. The van der Waals surface area contributed by atoms with E-state index in [0.29, 0.717) is 16.8 Å². The third-order valence-electron chi connectivity index (χ3n) is 5.34. The summed E-state index contributed by atoms with van der Waals surface area (Å²) in [6.07, 6.45) is 1.51. The molecule has 0 radical (unpaired) electrons. The summed E-state index contributed by atoms with van der Waals surface area (Å²) in [4.78, 5) is 42.2. The van der Waals surface area contributed by atoms with Crippen molar-refractivity contribution in [2.24, 2.45) is 0 Å². The number of esters is 1. The number of Topliss-reactive ketones (excluding diaryl/α,β-unsaturated/α-hetero) is 1. The fraction of sp³-hybridized carbons (Fsp3) is 0.250. The van der Waals surface area contributed by atoms with E-state index < -0.39 is 18.0 Å². The van der Waals surface area contributed by atoms with Crippen LogP contribution in [0.5, 0.6) is 0 Å². The number of pyridine rings is 1. The average Bonchev–Trinajstić information content (AvgIpc) is 3.19. The first-order valence-electron chi connectivity index (χ1n) is 9.98. The highest BCUT2D eigenvalue weighted by atomic mass is 16.5. The third-order valence-corrected chi connectivity index (χ3v) is 5.34. The summed E-state index contributed by atoms with van der Waals surface area (Å²) in [6.45, 7) is 2.96. The van der Waals surface area contributed by atoms with E-state index in [2.05, 4.69) is 10.3 Å². The SMILES string of the molecule is CC(=O)c1ccccc1NC(=O)C(C)OC(=O)c1c2c(nc3ccccc13)CCC2. The van der Waals surface area contributed by atoms with Crippen LogP contribution in [-0.2, 0) is 22.4 Å². The highest BCUT2D eigenvalue weighted by Gasteiger charge is 2.27. The molecule has 1 amide bonds. The van der Waals surface area contributed by atoms with Crippen LogP contribution in [0, 0.1) is 0 Å². The van der Waals surface area contributed by atoms with Crippen molar-refractivity contribution >= 4 is 34.3 Å². The molecule has 30 heavy (non-hydrogen) atoms. The lowest BCUT2D eigenvalue weighted by Gasteiger charge is -2.17. The summed E-state index contributed by atoms with van der Waals surface area (Å²) in [5, 5.41) is 3.42. The number of nitrogens with one attached hydrogen (secondary N) is 1. The summed E-state index contributed by atoms with van der Waals surface area (Å²) in [7, 11) is 0. The minimum absolute atomic E-state index is 0.158. The molecule has 0 fully saturated rings. The van der Waals surface area contributed by atoms with Crippen molar-refractivity contribution in [2.45, 2.75) is 39.2 Å². The molecule has 4 rings (SSSR count). The summed E-state index contributed by atoms with van der Waals surface area (Å²) < 4.78 is 5.54. The van der Waals surface area contributed by atoms with E-state index in [9.17, 15) is 14.4 Å². The van der Waals surface area contributed by atoms with Gasteiger partial charge in [0.05, 0.1) is 16.8 Å². The molecule has 0 aliphatic heterocycles. The van der Waals surface area contributed by atoms with Crippen LogP contribution in [0.25, 0.3) is 10.9 Å². The van der Waals surface area contributed by atoms with Gasteiger partial charge in [-0.25, -0.2) is 4.79 Å². The predicted molar refractivity (Wildman–Crippen MR) is 114 cm³/mol. The fourth-order valence-electron chi connectivity index (χ4n) is 3.85. The average molecular weight is 402 g/mol. The van der Waals surface area contributed by atoms with Gasteiger partial charge in [0, 0.05) is 16.6 Å². The van der Waals surface area contributed by atoms with Crippen molar-refractivity contribution in [2.75, 3.05) is 5.32 Å². The first kappa shape index (κ1) is 19.8. The molecule has 1 aliphatic carbocycles. The number of amides is 1. The summed E-state index contributed by atoms with van der Waals surface area (Å²) in [5.74, 6) is -1.18. The largest absolute Gasteiger partial charge is 0.449 e. The van der Waals surface area contributed by atoms with Gasteiger partial charge in [0.25, 0.3) is 5.91 Å². The molecule has 1 unspecified atom stereocenters. The quantitative estimate of drug-likeness (QED) is 0.513. The number of fused-ring (bicyclic) bond motifs is 2. The lowest BCUT2D eigenvalue weighted by Crippen LogP contribution is -2.31. The van der Waals surface area contributed by atoms with Crippen LogP contribution >= 0.6 is 0 Å². The monoisotopic (exact) mass is 402 g/mol. The molecule has 1 aromatic heterocycles. The second-order valence-electron chi connectivity index (χ2n) is 7.42. The Labute approximate surface area is 174 Å². The minimum atomic E-state index is -1.03. The van der Waals surface area contributed by atoms with E-state index in [1.54, 1.807) is 24.3 Å². The van der Waals surface area contributed by atoms with Gasteiger partial charge in [-0.3, -0.25) is 14.6 Å². The Morgan fingerprint density at radius 2 is 1.77 bits per heavy atom. The molecule has 3 aromatic rings. The molecule has 1 heterocycles.